The smallest absolute Gasteiger partial charge is 0.0726 e. The van der Waals surface area contributed by atoms with Crippen molar-refractivity contribution in [2.24, 2.45) is 0 Å². The highest BCUT2D eigenvalue weighted by Gasteiger charge is 2.55. The maximum atomic E-state index is 2.83. The quantitative estimate of drug-likeness (QED) is 0.171. The molecule has 2 atom stereocenters. The summed E-state index contributed by atoms with van der Waals surface area (Å²) < 4.78 is 0. The number of fused-ring (bicyclic) bond motifs is 17. The maximum absolute atomic E-state index is 2.83. The van der Waals surface area contributed by atoms with E-state index >= 15 is 0 Å². The average molecular weight is 832 g/mol. The van der Waals surface area contributed by atoms with E-state index in [1.54, 1.807) is 27.9 Å². The number of nitrogens with zero attached hydrogens (tertiary/aromatic N) is 1. The van der Waals surface area contributed by atoms with Gasteiger partial charge in [0.2, 0.25) is 0 Å². The van der Waals surface area contributed by atoms with E-state index in [1.165, 1.54) is 123 Å². The van der Waals surface area contributed by atoms with E-state index < -0.39 is 5.41 Å². The van der Waals surface area contributed by atoms with Crippen molar-refractivity contribution in [2.45, 2.75) is 133 Å². The van der Waals surface area contributed by atoms with Crippen molar-refractivity contribution in [3.8, 4) is 33.4 Å². The van der Waals surface area contributed by atoms with Gasteiger partial charge in [-0.15, -0.1) is 0 Å². The zero-order chi connectivity index (χ0) is 43.5. The van der Waals surface area contributed by atoms with Gasteiger partial charge in [0.1, 0.15) is 0 Å². The summed E-state index contributed by atoms with van der Waals surface area (Å²) in [6.45, 7) is 16.8. The third kappa shape index (κ3) is 5.19. The number of rotatable bonds is 4. The van der Waals surface area contributed by atoms with Gasteiger partial charge in [-0.1, -0.05) is 170 Å². The molecule has 7 aliphatic rings. The van der Waals surface area contributed by atoms with Gasteiger partial charge in [0.25, 0.3) is 0 Å². The first-order valence-corrected chi connectivity index (χ1v) is 24.6. The molecule has 0 saturated heterocycles. The molecule has 0 radical (unpaired) electrons. The molecule has 64 heavy (non-hydrogen) atoms. The van der Waals surface area contributed by atoms with Gasteiger partial charge >= 0.3 is 0 Å². The number of hydrogen-bond donors (Lipinski definition) is 0. The summed E-state index contributed by atoms with van der Waals surface area (Å²) in [5, 5.41) is 0. The van der Waals surface area contributed by atoms with Gasteiger partial charge < -0.3 is 4.90 Å². The molecule has 1 heteroatoms. The molecule has 2 saturated carbocycles. The fourth-order valence-corrected chi connectivity index (χ4v) is 14.3. The Hall–Kier alpha value is -5.66. The zero-order valence-electron chi connectivity index (χ0n) is 38.9. The summed E-state index contributed by atoms with van der Waals surface area (Å²) in [4.78, 5) is 2.83. The largest absolute Gasteiger partial charge is 0.309 e. The van der Waals surface area contributed by atoms with Crippen LogP contribution in [-0.2, 0) is 21.7 Å². The van der Waals surface area contributed by atoms with E-state index in [9.17, 15) is 0 Å². The van der Waals surface area contributed by atoms with Crippen molar-refractivity contribution in [2.75, 3.05) is 4.90 Å². The summed E-state index contributed by atoms with van der Waals surface area (Å²) in [5.41, 5.74) is 27.1. The van der Waals surface area contributed by atoms with Crippen LogP contribution in [0.5, 0.6) is 0 Å². The van der Waals surface area contributed by atoms with Gasteiger partial charge in [-0.3, -0.25) is 0 Å². The van der Waals surface area contributed by atoms with E-state index in [-0.39, 0.29) is 16.2 Å². The van der Waals surface area contributed by atoms with E-state index in [4.69, 9.17) is 0 Å². The Labute approximate surface area is 381 Å². The number of hydrogen-bond acceptors (Lipinski definition) is 1. The molecule has 0 heterocycles. The van der Waals surface area contributed by atoms with Crippen molar-refractivity contribution in [1.82, 2.24) is 0 Å². The predicted octanol–water partition coefficient (Wildman–Crippen LogP) is 17.1. The van der Waals surface area contributed by atoms with E-state index in [0.717, 1.165) is 0 Å². The van der Waals surface area contributed by atoms with Crippen LogP contribution in [0.4, 0.5) is 17.1 Å². The highest BCUT2D eigenvalue weighted by Crippen LogP contribution is 2.69. The lowest BCUT2D eigenvalue weighted by Gasteiger charge is -2.45. The summed E-state index contributed by atoms with van der Waals surface area (Å²) in [5.74, 6) is 1.94. The molecule has 4 bridgehead atoms. The van der Waals surface area contributed by atoms with Crippen molar-refractivity contribution in [3.05, 3.63) is 195 Å². The van der Waals surface area contributed by atoms with Crippen LogP contribution in [0.15, 0.2) is 140 Å². The Bertz CT molecular complexity index is 3010. The second-order valence-corrected chi connectivity index (χ2v) is 23.0. The van der Waals surface area contributed by atoms with Crippen LogP contribution in [0.25, 0.3) is 33.4 Å². The lowest BCUT2D eigenvalue weighted by Crippen LogP contribution is -2.30. The Morgan fingerprint density at radius 2 is 1.11 bits per heavy atom. The summed E-state index contributed by atoms with van der Waals surface area (Å²) >= 11 is 0. The molecule has 318 valence electrons. The molecule has 14 rings (SSSR count). The van der Waals surface area contributed by atoms with Gasteiger partial charge in [-0.25, -0.2) is 0 Å². The minimum Gasteiger partial charge on any atom is -0.309 e. The van der Waals surface area contributed by atoms with Crippen LogP contribution in [0.3, 0.4) is 0 Å². The van der Waals surface area contributed by atoms with E-state index in [2.05, 4.69) is 193 Å². The molecule has 1 nitrogen and oxygen atoms in total. The van der Waals surface area contributed by atoms with E-state index in [1.807, 2.05) is 0 Å². The summed E-state index contributed by atoms with van der Waals surface area (Å²) in [6.07, 6.45) is 9.19. The normalized spacial score (nSPS) is 22.5. The van der Waals surface area contributed by atoms with Crippen LogP contribution in [-0.4, -0.2) is 0 Å². The second kappa shape index (κ2) is 13.2. The summed E-state index contributed by atoms with van der Waals surface area (Å²) in [6, 6.07) is 55.2. The Morgan fingerprint density at radius 3 is 1.78 bits per heavy atom. The first-order chi connectivity index (χ1) is 30.8. The van der Waals surface area contributed by atoms with Gasteiger partial charge in [0, 0.05) is 11.3 Å². The molecule has 2 fully saturated rings. The molecule has 0 aromatic heterocycles. The first kappa shape index (κ1) is 38.8. The standard InChI is InChI=1S/C63H61N/c1-60(2,3)43-26-30-46-47-31-27-44(61(4,5)6)35-54(47)63(53(46)34-43)51-17-12-11-16-48(51)57-52(63)18-13-19-55(57)64(45-28-24-39(25-29-45)38-14-9-8-10-15-38)59-56-41-22-20-40(21-23-41)49(56)36-50-42-32-33-62(7,37-42)58(50)59/h8-19,24-31,34-36,40-42H,20-23,32-33,37H2,1-7H3. The topological polar surface area (TPSA) is 3.24 Å². The molecule has 0 N–H and O–H groups in total. The van der Waals surface area contributed by atoms with Gasteiger partial charge in [0.05, 0.1) is 16.8 Å². The van der Waals surface area contributed by atoms with Crippen LogP contribution >= 0.6 is 0 Å². The van der Waals surface area contributed by atoms with Crippen molar-refractivity contribution in [3.63, 3.8) is 0 Å². The van der Waals surface area contributed by atoms with Crippen molar-refractivity contribution >= 4 is 17.1 Å². The Morgan fingerprint density at radius 1 is 0.500 bits per heavy atom. The minimum atomic E-state index is -0.458. The van der Waals surface area contributed by atoms with Crippen LogP contribution in [0.2, 0.25) is 0 Å². The van der Waals surface area contributed by atoms with E-state index in [0.29, 0.717) is 17.8 Å². The van der Waals surface area contributed by atoms with Crippen molar-refractivity contribution in [1.29, 1.82) is 0 Å². The predicted molar refractivity (Wildman–Crippen MR) is 268 cm³/mol. The fourth-order valence-electron chi connectivity index (χ4n) is 14.3. The fraction of sp³-hybridized carbons (Fsp3) is 0.333. The van der Waals surface area contributed by atoms with Crippen molar-refractivity contribution < 1.29 is 0 Å². The lowest BCUT2D eigenvalue weighted by molar-refractivity contribution is 0.358. The Balaban J connectivity index is 1.15. The van der Waals surface area contributed by atoms with Gasteiger partial charge in [0.15, 0.2) is 0 Å². The summed E-state index contributed by atoms with van der Waals surface area (Å²) in [7, 11) is 0. The molecular formula is C63H61N. The SMILES string of the molecule is CC(C)(C)c1ccc2c(c1)C1(c3cc(C(C)(C)C)ccc3-2)c2ccccc2-c2c(N(c3ccc(-c4ccccc4)cc3)c3c4c(cc5c3C3(C)CCC5C3)C3CCC4CC3)cccc21. The van der Waals surface area contributed by atoms with Crippen LogP contribution < -0.4 is 4.90 Å². The highest BCUT2D eigenvalue weighted by atomic mass is 15.2. The highest BCUT2D eigenvalue weighted by molar-refractivity contribution is 6.02. The molecule has 7 aliphatic carbocycles. The van der Waals surface area contributed by atoms with Crippen LogP contribution in [0, 0.1) is 0 Å². The molecule has 7 aromatic rings. The molecule has 0 aliphatic heterocycles. The van der Waals surface area contributed by atoms with Gasteiger partial charge in [-0.05, 0) is 181 Å². The molecule has 1 spiro atoms. The van der Waals surface area contributed by atoms with Crippen LogP contribution in [0.1, 0.15) is 167 Å². The Kier molecular flexibility index (Phi) is 8.01. The monoisotopic (exact) mass is 831 g/mol. The maximum Gasteiger partial charge on any atom is 0.0726 e. The first-order valence-electron chi connectivity index (χ1n) is 24.6. The molecular weight excluding hydrogens is 771 g/mol. The second-order valence-electron chi connectivity index (χ2n) is 23.0. The number of benzene rings is 7. The molecule has 7 aromatic carbocycles. The molecule has 0 amide bonds. The number of anilines is 3. The average Bonchev–Trinajstić information content (AvgIpc) is 4.02. The van der Waals surface area contributed by atoms with Gasteiger partial charge in [-0.2, -0.15) is 0 Å². The lowest BCUT2D eigenvalue weighted by atomic mass is 9.64. The third-order valence-corrected chi connectivity index (χ3v) is 17.4. The molecule has 2 unspecified atom stereocenters. The zero-order valence-corrected chi connectivity index (χ0v) is 38.9. The third-order valence-electron chi connectivity index (χ3n) is 17.4. The minimum absolute atomic E-state index is 0.00866.